The summed E-state index contributed by atoms with van der Waals surface area (Å²) in [7, 11) is 0. The largest absolute Gasteiger partial charge is 0.278 e. The molecule has 1 aliphatic rings. The number of hydrogen-bond donors (Lipinski definition) is 0. The number of rotatable bonds is 2. The predicted octanol–water partition coefficient (Wildman–Crippen LogP) is 3.00. The van der Waals surface area contributed by atoms with E-state index in [1.165, 1.54) is 6.33 Å². The van der Waals surface area contributed by atoms with Crippen molar-refractivity contribution in [2.45, 2.75) is 32.7 Å². The van der Waals surface area contributed by atoms with Crippen LogP contribution in [0.4, 0.5) is 22.0 Å². The Morgan fingerprint density at radius 3 is 2.14 bits per heavy atom. The van der Waals surface area contributed by atoms with Crippen molar-refractivity contribution in [1.82, 2.24) is 9.78 Å². The molecule has 0 amide bonds. The zero-order chi connectivity index (χ0) is 16.2. The Kier molecular flexibility index (Phi) is 3.41. The lowest BCUT2D eigenvalue weighted by Gasteiger charge is -2.12. The summed E-state index contributed by atoms with van der Waals surface area (Å²) in [6.07, 6.45) is 2.70. The summed E-state index contributed by atoms with van der Waals surface area (Å²) in [5.41, 5.74) is -1.05. The molecule has 1 aromatic carbocycles. The summed E-state index contributed by atoms with van der Waals surface area (Å²) in [6.45, 7) is 3.98. The van der Waals surface area contributed by atoms with E-state index >= 15 is 0 Å². The lowest BCUT2D eigenvalue weighted by atomic mass is 10.0. The Morgan fingerprint density at radius 1 is 1.05 bits per heavy atom. The average molecular weight is 318 g/mol. The van der Waals surface area contributed by atoms with Gasteiger partial charge in [-0.3, -0.25) is 0 Å². The van der Waals surface area contributed by atoms with E-state index < -0.39 is 34.8 Å². The fourth-order valence-electron chi connectivity index (χ4n) is 2.82. The molecular weight excluding hydrogens is 305 g/mol. The van der Waals surface area contributed by atoms with Gasteiger partial charge in [0.05, 0.1) is 6.04 Å². The Bertz CT molecular complexity index is 724. The molecule has 3 nitrogen and oxygen atoms in total. The van der Waals surface area contributed by atoms with Gasteiger partial charge in [0.15, 0.2) is 0 Å². The summed E-state index contributed by atoms with van der Waals surface area (Å²) in [4.78, 5) is 0. The maximum atomic E-state index is 13.8. The highest BCUT2D eigenvalue weighted by Crippen LogP contribution is 2.27. The van der Waals surface area contributed by atoms with Crippen molar-refractivity contribution in [3.63, 3.8) is 0 Å². The molecule has 118 valence electrons. The van der Waals surface area contributed by atoms with E-state index in [2.05, 4.69) is 5.10 Å². The van der Waals surface area contributed by atoms with Crippen molar-refractivity contribution in [2.24, 2.45) is 5.92 Å². The van der Waals surface area contributed by atoms with E-state index in [9.17, 15) is 22.0 Å². The molecule has 1 aromatic heterocycles. The molecule has 0 aliphatic carbocycles. The van der Waals surface area contributed by atoms with Crippen LogP contribution in [-0.2, 0) is 6.42 Å². The van der Waals surface area contributed by atoms with Gasteiger partial charge in [0.2, 0.25) is 41.1 Å². The highest BCUT2D eigenvalue weighted by atomic mass is 19.2. The van der Waals surface area contributed by atoms with Crippen molar-refractivity contribution < 1.29 is 26.5 Å². The van der Waals surface area contributed by atoms with Gasteiger partial charge < -0.3 is 0 Å². The van der Waals surface area contributed by atoms with Gasteiger partial charge in [-0.25, -0.2) is 17.7 Å². The maximum Gasteiger partial charge on any atom is 0.278 e. The first-order chi connectivity index (χ1) is 10.3. The third kappa shape index (κ3) is 2.00. The van der Waals surface area contributed by atoms with Crippen LogP contribution in [0.2, 0.25) is 0 Å². The van der Waals surface area contributed by atoms with Crippen molar-refractivity contribution in [3.05, 3.63) is 41.2 Å². The molecule has 0 N–H and O–H groups in total. The monoisotopic (exact) mass is 318 g/mol. The molecule has 0 radical (unpaired) electrons. The minimum absolute atomic E-state index is 0.0880. The zero-order valence-corrected chi connectivity index (χ0v) is 11.9. The summed E-state index contributed by atoms with van der Waals surface area (Å²) < 4.78 is 69.7. The standard InChI is InChI=1S/C14H13F5N3/c1-6(2)7-3-4-8-20-22(5-21(7)8)14-12(18)10(16)9(15)11(17)13(14)19/h5-7H,3-4H2,1-2H3/q+1/t7-/m0/s1. The number of halogens is 5. The number of fused-ring (bicyclic) bond motifs is 1. The van der Waals surface area contributed by atoms with E-state index in [0.717, 1.165) is 11.1 Å². The van der Waals surface area contributed by atoms with Gasteiger partial charge in [-0.1, -0.05) is 18.5 Å². The highest BCUT2D eigenvalue weighted by Gasteiger charge is 2.37. The lowest BCUT2D eigenvalue weighted by Crippen LogP contribution is -2.39. The minimum Gasteiger partial charge on any atom is -0.231 e. The van der Waals surface area contributed by atoms with Crippen molar-refractivity contribution in [1.29, 1.82) is 0 Å². The Balaban J connectivity index is 2.17. The Hall–Kier alpha value is -1.99. The van der Waals surface area contributed by atoms with E-state index in [1.54, 1.807) is 4.57 Å². The number of aryl methyl sites for hydroxylation is 1. The second-order valence-electron chi connectivity index (χ2n) is 5.65. The molecule has 1 aliphatic heterocycles. The molecule has 22 heavy (non-hydrogen) atoms. The third-order valence-corrected chi connectivity index (χ3v) is 3.96. The Morgan fingerprint density at radius 2 is 1.59 bits per heavy atom. The molecule has 2 heterocycles. The van der Waals surface area contributed by atoms with Crippen molar-refractivity contribution in [3.8, 4) is 5.69 Å². The molecule has 0 saturated carbocycles. The molecule has 0 unspecified atom stereocenters. The maximum absolute atomic E-state index is 13.8. The fraction of sp³-hybridized carbons (Fsp3) is 0.429. The van der Waals surface area contributed by atoms with E-state index in [0.29, 0.717) is 12.2 Å². The van der Waals surface area contributed by atoms with Crippen LogP contribution in [0.1, 0.15) is 32.1 Å². The van der Waals surface area contributed by atoms with Gasteiger partial charge in [0.25, 0.3) is 5.82 Å². The van der Waals surface area contributed by atoms with Crippen LogP contribution < -0.4 is 4.57 Å². The van der Waals surface area contributed by atoms with Gasteiger partial charge in [0.1, 0.15) is 0 Å². The van der Waals surface area contributed by atoms with E-state index in [4.69, 9.17) is 0 Å². The van der Waals surface area contributed by atoms with Crippen LogP contribution in [0.3, 0.4) is 0 Å². The van der Waals surface area contributed by atoms with Crippen LogP contribution in [0, 0.1) is 35.0 Å². The van der Waals surface area contributed by atoms with Gasteiger partial charge in [-0.2, -0.15) is 8.78 Å². The predicted molar refractivity (Wildman–Crippen MR) is 65.7 cm³/mol. The molecule has 0 fully saturated rings. The smallest absolute Gasteiger partial charge is 0.231 e. The second-order valence-corrected chi connectivity index (χ2v) is 5.65. The van der Waals surface area contributed by atoms with Crippen LogP contribution >= 0.6 is 0 Å². The second kappa shape index (κ2) is 5.03. The summed E-state index contributed by atoms with van der Waals surface area (Å²) in [5, 5.41) is 3.97. The van der Waals surface area contributed by atoms with Crippen LogP contribution in [0.25, 0.3) is 5.69 Å². The molecule has 0 bridgehead atoms. The number of benzene rings is 1. The summed E-state index contributed by atoms with van der Waals surface area (Å²) in [6, 6.07) is 0.0880. The van der Waals surface area contributed by atoms with Gasteiger partial charge in [0, 0.05) is 11.5 Å². The number of hydrogen-bond acceptors (Lipinski definition) is 1. The molecule has 3 rings (SSSR count). The summed E-state index contributed by atoms with van der Waals surface area (Å²) >= 11 is 0. The van der Waals surface area contributed by atoms with Gasteiger partial charge in [-0.15, -0.1) is 0 Å². The van der Waals surface area contributed by atoms with E-state index in [1.807, 2.05) is 13.8 Å². The normalized spacial score (nSPS) is 17.4. The SMILES string of the molecule is CC(C)[C@@H]1CCc2nn(-c3c(F)c(F)c(F)c(F)c3F)c[n+]21. The van der Waals surface area contributed by atoms with E-state index in [-0.39, 0.29) is 12.0 Å². The quantitative estimate of drug-likeness (QED) is 0.361. The third-order valence-electron chi connectivity index (χ3n) is 3.96. The van der Waals surface area contributed by atoms with Gasteiger partial charge in [-0.05, 0) is 12.3 Å². The minimum atomic E-state index is -2.17. The molecule has 2 aromatic rings. The topological polar surface area (TPSA) is 21.7 Å². The average Bonchev–Trinajstić information content (AvgIpc) is 3.03. The molecule has 8 heteroatoms. The summed E-state index contributed by atoms with van der Waals surface area (Å²) in [5.74, 6) is -9.09. The molecule has 1 atom stereocenters. The molecular formula is C14H13F5N3+. The Labute approximate surface area is 123 Å². The van der Waals surface area contributed by atoms with Crippen LogP contribution in [0.5, 0.6) is 0 Å². The lowest BCUT2D eigenvalue weighted by molar-refractivity contribution is -0.723. The first-order valence-electron chi connectivity index (χ1n) is 6.84. The first-order valence-corrected chi connectivity index (χ1v) is 6.84. The zero-order valence-electron chi connectivity index (χ0n) is 11.9. The highest BCUT2D eigenvalue weighted by molar-refractivity contribution is 5.36. The number of nitrogens with zero attached hydrogens (tertiary/aromatic N) is 3. The fourth-order valence-corrected chi connectivity index (χ4v) is 2.82. The van der Waals surface area contributed by atoms with Crippen LogP contribution in [-0.4, -0.2) is 9.78 Å². The van der Waals surface area contributed by atoms with Crippen molar-refractivity contribution >= 4 is 0 Å². The number of aromatic nitrogens is 3. The van der Waals surface area contributed by atoms with Crippen LogP contribution in [0.15, 0.2) is 6.33 Å². The first kappa shape index (κ1) is 14.9. The molecule has 0 saturated heterocycles. The van der Waals surface area contributed by atoms with Gasteiger partial charge >= 0.3 is 0 Å². The van der Waals surface area contributed by atoms with Crippen molar-refractivity contribution in [2.75, 3.05) is 0 Å². The molecule has 0 spiro atoms.